The molecule has 1 aromatic rings. The molecule has 2 unspecified atom stereocenters. The summed E-state index contributed by atoms with van der Waals surface area (Å²) >= 11 is 5.52. The lowest BCUT2D eigenvalue weighted by Crippen LogP contribution is -2.55. The van der Waals surface area contributed by atoms with Gasteiger partial charge in [0.2, 0.25) is 15.9 Å². The Hall–Kier alpha value is -1.36. The van der Waals surface area contributed by atoms with E-state index < -0.39 is 31.7 Å². The zero-order valence-corrected chi connectivity index (χ0v) is 17.1. The van der Waals surface area contributed by atoms with Gasteiger partial charge in [-0.25, -0.2) is 13.1 Å². The minimum Gasteiger partial charge on any atom is -0.374 e. The lowest BCUT2D eigenvalue weighted by atomic mass is 9.90. The number of nitrogens with one attached hydrogen (secondary N) is 1. The Morgan fingerprint density at radius 3 is 2.72 bits per heavy atom. The van der Waals surface area contributed by atoms with Gasteiger partial charge in [-0.3, -0.25) is 4.79 Å². The van der Waals surface area contributed by atoms with Gasteiger partial charge in [-0.1, -0.05) is 24.4 Å². The van der Waals surface area contributed by atoms with E-state index >= 15 is 0 Å². The van der Waals surface area contributed by atoms with E-state index in [0.29, 0.717) is 19.2 Å². The highest BCUT2D eigenvalue weighted by Gasteiger charge is 2.37. The van der Waals surface area contributed by atoms with E-state index in [1.54, 1.807) is 4.90 Å². The molecule has 2 fully saturated rings. The number of amides is 1. The Kier molecular flexibility index (Phi) is 6.77. The fraction of sp³-hybridized carbons (Fsp3) is 0.611. The Bertz CT molecular complexity index is 861. The zero-order valence-electron chi connectivity index (χ0n) is 15.5. The first-order valence-corrected chi connectivity index (χ1v) is 11.2. The van der Waals surface area contributed by atoms with E-state index in [1.807, 2.05) is 0 Å². The van der Waals surface area contributed by atoms with Crippen molar-refractivity contribution in [2.24, 2.45) is 0 Å². The summed E-state index contributed by atoms with van der Waals surface area (Å²) in [5.41, 5.74) is -1.23. The minimum atomic E-state index is -4.77. The molecule has 1 saturated carbocycles. The average molecular weight is 455 g/mol. The number of benzene rings is 1. The average Bonchev–Trinajstić information content (AvgIpc) is 2.66. The zero-order chi connectivity index (χ0) is 21.2. The van der Waals surface area contributed by atoms with Gasteiger partial charge in [0.1, 0.15) is 0 Å². The van der Waals surface area contributed by atoms with Crippen LogP contribution in [0.25, 0.3) is 0 Å². The van der Waals surface area contributed by atoms with E-state index in [2.05, 4.69) is 4.72 Å². The van der Waals surface area contributed by atoms with Gasteiger partial charge in [0.15, 0.2) is 0 Å². The third-order valence-corrected chi connectivity index (χ3v) is 7.03. The number of carbonyl (C=O) groups is 1. The summed E-state index contributed by atoms with van der Waals surface area (Å²) in [5, 5.41) is -0.582. The number of fused-ring (bicyclic) bond motifs is 1. The molecule has 1 amide bonds. The first-order chi connectivity index (χ1) is 13.6. The molecule has 29 heavy (non-hydrogen) atoms. The van der Waals surface area contributed by atoms with Gasteiger partial charge in [-0.05, 0) is 31.0 Å². The maximum absolute atomic E-state index is 13.0. The fourth-order valence-electron chi connectivity index (χ4n) is 3.81. The molecule has 0 aromatic heterocycles. The molecule has 1 aromatic carbocycles. The van der Waals surface area contributed by atoms with Gasteiger partial charge < -0.3 is 9.64 Å². The number of nitrogens with zero attached hydrogens (tertiary/aromatic N) is 1. The molecular weight excluding hydrogens is 433 g/mol. The number of ether oxygens (including phenoxy) is 1. The normalized spacial score (nSPS) is 23.0. The van der Waals surface area contributed by atoms with E-state index in [1.165, 1.54) is 0 Å². The van der Waals surface area contributed by atoms with E-state index in [-0.39, 0.29) is 31.0 Å². The molecule has 1 aliphatic heterocycles. The predicted octanol–water partition coefficient (Wildman–Crippen LogP) is 3.20. The van der Waals surface area contributed by atoms with Crippen molar-refractivity contribution < 1.29 is 31.1 Å². The highest BCUT2D eigenvalue weighted by molar-refractivity contribution is 7.89. The van der Waals surface area contributed by atoms with E-state index in [9.17, 15) is 26.4 Å². The molecule has 0 bridgehead atoms. The summed E-state index contributed by atoms with van der Waals surface area (Å²) in [4.78, 5) is 13.8. The quantitative estimate of drug-likeness (QED) is 0.741. The van der Waals surface area contributed by atoms with Crippen molar-refractivity contribution in [2.45, 2.75) is 55.3 Å². The summed E-state index contributed by atoms with van der Waals surface area (Å²) in [5.74, 6) is -0.194. The van der Waals surface area contributed by atoms with Crippen LogP contribution in [0.5, 0.6) is 0 Å². The second-order valence-corrected chi connectivity index (χ2v) is 9.31. The predicted molar refractivity (Wildman–Crippen MR) is 100.0 cm³/mol. The first-order valence-electron chi connectivity index (χ1n) is 9.37. The van der Waals surface area contributed by atoms with Crippen molar-refractivity contribution in [2.75, 3.05) is 19.7 Å². The molecular formula is C18H22ClF3N2O4S. The summed E-state index contributed by atoms with van der Waals surface area (Å²) in [7, 11) is -4.21. The first kappa shape index (κ1) is 22.3. The van der Waals surface area contributed by atoms with Crippen LogP contribution in [0.1, 0.15) is 37.7 Å². The van der Waals surface area contributed by atoms with Gasteiger partial charge in [-0.2, -0.15) is 13.2 Å². The smallest absolute Gasteiger partial charge is 0.374 e. The molecule has 2 atom stereocenters. The highest BCUT2D eigenvalue weighted by Crippen LogP contribution is 2.36. The molecule has 6 nitrogen and oxygen atoms in total. The number of sulfonamides is 1. The fourth-order valence-corrected chi connectivity index (χ4v) is 5.10. The summed E-state index contributed by atoms with van der Waals surface area (Å²) in [6.07, 6.45) is -1.00. The Morgan fingerprint density at radius 2 is 2.00 bits per heavy atom. The van der Waals surface area contributed by atoms with Crippen LogP contribution < -0.4 is 4.72 Å². The molecule has 0 radical (unpaired) electrons. The van der Waals surface area contributed by atoms with Crippen LogP contribution in [0.4, 0.5) is 13.2 Å². The molecule has 1 aliphatic carbocycles. The molecule has 11 heteroatoms. The SMILES string of the molecule is O=C(CCNS(=O)(=O)c1ccc(Cl)c(C(F)(F)F)c1)N1CCOC2CCCCC21. The second-order valence-electron chi connectivity index (χ2n) is 7.14. The summed E-state index contributed by atoms with van der Waals surface area (Å²) in [6.45, 7) is 0.697. The topological polar surface area (TPSA) is 75.7 Å². The number of alkyl halides is 3. The van der Waals surface area contributed by atoms with Crippen LogP contribution in [0.3, 0.4) is 0 Å². The number of hydrogen-bond donors (Lipinski definition) is 1. The standard InChI is InChI=1S/C18H22ClF3N2O4S/c19-14-6-5-12(11-13(14)18(20,21)22)29(26,27)23-8-7-17(25)24-9-10-28-16-4-2-1-3-15(16)24/h5-6,11,15-16,23H,1-4,7-10H2. The monoisotopic (exact) mass is 454 g/mol. The van der Waals surface area contributed by atoms with Gasteiger partial charge in [0.05, 0.1) is 34.2 Å². The number of hydrogen-bond acceptors (Lipinski definition) is 4. The molecule has 162 valence electrons. The van der Waals surface area contributed by atoms with Gasteiger partial charge in [-0.15, -0.1) is 0 Å². The van der Waals surface area contributed by atoms with Gasteiger partial charge in [0, 0.05) is 19.5 Å². The van der Waals surface area contributed by atoms with Crippen molar-refractivity contribution in [3.8, 4) is 0 Å². The van der Waals surface area contributed by atoms with Crippen molar-refractivity contribution in [3.05, 3.63) is 28.8 Å². The Balaban J connectivity index is 1.61. The summed E-state index contributed by atoms with van der Waals surface area (Å²) in [6, 6.07) is 2.38. The van der Waals surface area contributed by atoms with E-state index in [0.717, 1.165) is 37.8 Å². The summed E-state index contributed by atoms with van der Waals surface area (Å²) < 4.78 is 71.5. The molecule has 1 heterocycles. The largest absolute Gasteiger partial charge is 0.417 e. The van der Waals surface area contributed by atoms with Crippen LogP contribution in [-0.2, 0) is 25.7 Å². The third kappa shape index (κ3) is 5.22. The lowest BCUT2D eigenvalue weighted by Gasteiger charge is -2.43. The molecule has 0 spiro atoms. The van der Waals surface area contributed by atoms with E-state index in [4.69, 9.17) is 16.3 Å². The second kappa shape index (κ2) is 8.79. The minimum absolute atomic E-state index is 0.00668. The van der Waals surface area contributed by atoms with Crippen LogP contribution in [-0.4, -0.2) is 51.1 Å². The number of carbonyl (C=O) groups excluding carboxylic acids is 1. The van der Waals surface area contributed by atoms with Gasteiger partial charge in [0.25, 0.3) is 0 Å². The van der Waals surface area contributed by atoms with Crippen molar-refractivity contribution in [1.82, 2.24) is 9.62 Å². The molecule has 1 saturated heterocycles. The maximum Gasteiger partial charge on any atom is 0.417 e. The maximum atomic E-state index is 13.0. The molecule has 1 N–H and O–H groups in total. The molecule has 2 aliphatic rings. The highest BCUT2D eigenvalue weighted by atomic mass is 35.5. The molecule has 3 rings (SSSR count). The Labute approximate surface area is 172 Å². The Morgan fingerprint density at radius 1 is 1.28 bits per heavy atom. The van der Waals surface area contributed by atoms with Crippen molar-refractivity contribution >= 4 is 27.5 Å². The lowest BCUT2D eigenvalue weighted by molar-refractivity contribution is -0.149. The number of halogens is 4. The van der Waals surface area contributed by atoms with Crippen molar-refractivity contribution in [1.29, 1.82) is 0 Å². The van der Waals surface area contributed by atoms with Crippen LogP contribution in [0.2, 0.25) is 5.02 Å². The van der Waals surface area contributed by atoms with Crippen LogP contribution in [0.15, 0.2) is 23.1 Å². The number of morpholine rings is 1. The van der Waals surface area contributed by atoms with Crippen molar-refractivity contribution in [3.63, 3.8) is 0 Å². The van der Waals surface area contributed by atoms with Crippen LogP contribution >= 0.6 is 11.6 Å². The van der Waals surface area contributed by atoms with Crippen LogP contribution in [0, 0.1) is 0 Å². The van der Waals surface area contributed by atoms with Gasteiger partial charge >= 0.3 is 6.18 Å². The third-order valence-electron chi connectivity index (χ3n) is 5.24. The number of rotatable bonds is 5.